The zero-order valence-electron chi connectivity index (χ0n) is 35.0. The van der Waals surface area contributed by atoms with Crippen molar-refractivity contribution in [2.45, 2.75) is 12.8 Å². The minimum absolute atomic E-state index is 0.306. The highest BCUT2D eigenvalue weighted by Crippen LogP contribution is 2.32. The normalized spacial score (nSPS) is 9.91. The van der Waals surface area contributed by atoms with E-state index in [0.717, 1.165) is 62.9 Å². The van der Waals surface area contributed by atoms with E-state index in [1.54, 1.807) is 37.5 Å². The molecule has 4 nitrogen and oxygen atoms in total. The van der Waals surface area contributed by atoms with E-state index in [2.05, 4.69) is 142 Å². The van der Waals surface area contributed by atoms with Gasteiger partial charge >= 0.3 is 4.96 Å². The lowest BCUT2D eigenvalue weighted by molar-refractivity contribution is 0.364. The van der Waals surface area contributed by atoms with E-state index in [9.17, 15) is 10.2 Å². The number of benzene rings is 8. The molecule has 0 heterocycles. The zero-order valence-corrected chi connectivity index (χ0v) is 45.8. The summed E-state index contributed by atoms with van der Waals surface area (Å²) >= 11 is 30.3. The van der Waals surface area contributed by atoms with Crippen molar-refractivity contribution in [3.63, 3.8) is 0 Å². The molecule has 8 rings (SSSR count). The van der Waals surface area contributed by atoms with Gasteiger partial charge in [-0.1, -0.05) is 160 Å². The maximum Gasteiger partial charge on any atom is 0.450 e. The Morgan fingerprint density at radius 2 is 0.953 bits per heavy atom. The summed E-state index contributed by atoms with van der Waals surface area (Å²) < 4.78 is 15.1. The molecule has 0 amide bonds. The van der Waals surface area contributed by atoms with Crippen LogP contribution in [-0.2, 0) is 12.8 Å². The van der Waals surface area contributed by atoms with Crippen molar-refractivity contribution in [2.75, 3.05) is 18.6 Å². The molecule has 2 N–H and O–H groups in total. The van der Waals surface area contributed by atoms with Gasteiger partial charge in [0.05, 0.1) is 7.11 Å². The highest BCUT2D eigenvalue weighted by molar-refractivity contribution is 14.1. The Bertz CT molecular complexity index is 2750. The Hall–Kier alpha value is -3.20. The third-order valence-corrected chi connectivity index (χ3v) is 10.9. The second-order valence-corrected chi connectivity index (χ2v) is 18.8. The first-order valence-corrected chi connectivity index (χ1v) is 25.9. The average molecular weight is 1290 g/mol. The van der Waals surface area contributed by atoms with Crippen LogP contribution >= 0.6 is 121 Å². The molecule has 0 spiro atoms. The molecule has 0 saturated heterocycles. The Labute approximate surface area is 438 Å². The second kappa shape index (κ2) is 29.4. The molecule has 0 saturated carbocycles. The van der Waals surface area contributed by atoms with Gasteiger partial charge in [-0.25, -0.2) is 0 Å². The monoisotopic (exact) mass is 1280 g/mol. The molecular weight excluding hydrogens is 1240 g/mol. The van der Waals surface area contributed by atoms with Crippen LogP contribution in [0.25, 0.3) is 43.1 Å². The number of rotatable bonds is 8. The lowest BCUT2D eigenvalue weighted by Gasteiger charge is -2.10. The molecule has 0 unspecified atom stereocenters. The number of alkyl halides is 1. The fourth-order valence-electron chi connectivity index (χ4n) is 6.23. The van der Waals surface area contributed by atoms with Crippen LogP contribution in [0.4, 0.5) is 0 Å². The Morgan fingerprint density at radius 1 is 0.531 bits per heavy atom. The van der Waals surface area contributed by atoms with Crippen LogP contribution in [0.1, 0.15) is 11.1 Å². The first-order chi connectivity index (χ1) is 30.8. The van der Waals surface area contributed by atoms with Crippen LogP contribution in [0.2, 0.25) is 0 Å². The third-order valence-electron chi connectivity index (χ3n) is 8.97. The van der Waals surface area contributed by atoms with Crippen LogP contribution in [0.5, 0.6) is 23.0 Å². The summed E-state index contributed by atoms with van der Waals surface area (Å²) in [5, 5.41) is 28.2. The Morgan fingerprint density at radius 3 is 1.47 bits per heavy atom. The molecule has 0 atom stereocenters. The molecule has 13 heteroatoms. The predicted molar refractivity (Wildman–Crippen MR) is 303 cm³/mol. The summed E-state index contributed by atoms with van der Waals surface area (Å²) in [4.78, 5) is 1.22. The fourth-order valence-corrected chi connectivity index (χ4v) is 7.71. The van der Waals surface area contributed by atoms with Gasteiger partial charge in [0.1, 0.15) is 29.6 Å². The van der Waals surface area contributed by atoms with Gasteiger partial charge in [0, 0.05) is 29.0 Å². The van der Waals surface area contributed by atoms with Gasteiger partial charge in [0.2, 0.25) is 0 Å². The number of phenolic OH excluding ortho intramolecular Hbond substituents is 2. The topological polar surface area (TPSA) is 58.9 Å². The van der Waals surface area contributed by atoms with Gasteiger partial charge in [-0.3, -0.25) is 0 Å². The molecule has 0 radical (unpaired) electrons. The summed E-state index contributed by atoms with van der Waals surface area (Å²) in [6, 6.07) is 43.6. The number of methoxy groups -OCH3 is 1. The van der Waals surface area contributed by atoms with Crippen molar-refractivity contribution in [2.24, 2.45) is 0 Å². The van der Waals surface area contributed by atoms with Crippen LogP contribution in [0.3, 0.4) is 0 Å². The van der Waals surface area contributed by atoms with Gasteiger partial charge in [-0.15, -0.1) is 13.2 Å². The third kappa shape index (κ3) is 17.9. The van der Waals surface area contributed by atoms with Gasteiger partial charge < -0.3 is 19.7 Å². The summed E-state index contributed by atoms with van der Waals surface area (Å²) in [7, 11) is 1.70. The number of fused-ring (bicyclic) bond motifs is 4. The molecule has 64 heavy (non-hydrogen) atoms. The van der Waals surface area contributed by atoms with Crippen LogP contribution in [-0.4, -0.2) is 33.8 Å². The molecule has 332 valence electrons. The van der Waals surface area contributed by atoms with E-state index >= 15 is 0 Å². The number of phenols is 2. The zero-order chi connectivity index (χ0) is 47.2. The number of halogens is 8. The van der Waals surface area contributed by atoms with Gasteiger partial charge in [-0.2, -0.15) is 34.4 Å². The van der Waals surface area contributed by atoms with Crippen molar-refractivity contribution in [3.05, 3.63) is 200 Å². The first-order valence-electron chi connectivity index (χ1n) is 19.2. The van der Waals surface area contributed by atoms with E-state index in [1.165, 1.54) is 27.1 Å². The summed E-state index contributed by atoms with van der Waals surface area (Å²) in [6.07, 6.45) is 6.94. The molecule has 0 aromatic heterocycles. The minimum atomic E-state index is -0.750. The lowest BCUT2D eigenvalue weighted by atomic mass is 10.0. The van der Waals surface area contributed by atoms with Crippen molar-refractivity contribution < 1.29 is 19.7 Å². The van der Waals surface area contributed by atoms with E-state index < -0.39 is 4.96 Å². The fraction of sp³-hybridized carbons (Fsp3) is 0.0980. The predicted octanol–water partition coefficient (Wildman–Crippen LogP) is 18.6. The van der Waals surface area contributed by atoms with E-state index in [0.29, 0.717) is 24.5 Å². The maximum absolute atomic E-state index is 9.77. The molecule has 8 aromatic carbocycles. The van der Waals surface area contributed by atoms with Gasteiger partial charge in [0.25, 0.3) is 0 Å². The number of ether oxygens (including phenoxy) is 2. The Kier molecular flexibility index (Phi) is 25.4. The van der Waals surface area contributed by atoms with Gasteiger partial charge in [-0.05, 0) is 146 Å². The largest absolute Gasteiger partial charge is 0.508 e. The second-order valence-electron chi connectivity index (χ2n) is 13.2. The molecule has 0 aliphatic carbocycles. The maximum atomic E-state index is 9.77. The number of allylic oxidation sites excluding steroid dienone is 2. The first kappa shape index (κ1) is 55.1. The number of aromatic hydroxyl groups is 2. The van der Waals surface area contributed by atoms with Crippen LogP contribution in [0.15, 0.2) is 189 Å². The lowest BCUT2D eigenvalue weighted by Crippen LogP contribution is -1.92. The average Bonchev–Trinajstić information content (AvgIpc) is 3.28. The molecule has 0 aliphatic heterocycles. The highest BCUT2D eigenvalue weighted by atomic mass is 127. The van der Waals surface area contributed by atoms with Crippen molar-refractivity contribution in [3.8, 4) is 23.0 Å². The summed E-state index contributed by atoms with van der Waals surface area (Å²) in [6.45, 7) is 11.7. The van der Waals surface area contributed by atoms with E-state index in [-0.39, 0.29) is 0 Å². The SMILES string of the molecule is C=CCOc1ccc2ccc(Br)cc2c1.C=CCc1c(O)ccc2ccc(Br)cc12.C=CCc1c(OC)ccc2ccc(Br)cc12.CI.ClB(Cl)Cl.Oc1ccc2ccc(Br)cc2c1. The molecule has 0 fully saturated rings. The quantitative estimate of drug-likeness (QED) is 0.0689. The smallest absolute Gasteiger partial charge is 0.450 e. The molecule has 8 aromatic rings. The van der Waals surface area contributed by atoms with Crippen molar-refractivity contribution >= 4 is 169 Å². The van der Waals surface area contributed by atoms with E-state index in [1.807, 2.05) is 89.9 Å². The summed E-state index contributed by atoms with van der Waals surface area (Å²) in [5.74, 6) is 2.44. The number of hydrogen-bond donors (Lipinski definition) is 2. The minimum Gasteiger partial charge on any atom is -0.508 e. The van der Waals surface area contributed by atoms with Crippen molar-refractivity contribution in [1.29, 1.82) is 0 Å². The van der Waals surface area contributed by atoms with Gasteiger partial charge in [0.15, 0.2) is 0 Å². The summed E-state index contributed by atoms with van der Waals surface area (Å²) in [5.41, 5.74) is 2.13. The van der Waals surface area contributed by atoms with E-state index in [4.69, 9.17) is 43.9 Å². The standard InChI is InChI=1S/C14H13BrO.2C13H11BrO.C10H7BrO.CH3I.BCl3/c1-3-4-12-13-9-11(15)7-5-10(13)6-8-14(12)16-2;1-2-7-15-13-6-4-10-3-5-12(14)8-11(10)9-13;1-2-3-11-12-8-10(14)6-4-9(12)5-7-13(11)15;11-9-3-1-7-2-4-10(12)6-8(7)5-9;1-2;2-1(3)4/h3,5-9H,1,4H2,2H3;2-6,8-9H,1,7H2;2,4-8,15H,1,3H2;1-6,12H;1H3;. The molecular formula is C51H45BBr4Cl3IO4. The molecule has 0 aliphatic rings. The number of hydrogen-bond acceptors (Lipinski definition) is 4. The highest BCUT2D eigenvalue weighted by Gasteiger charge is 2.08. The Balaban J connectivity index is 0.000000218. The van der Waals surface area contributed by atoms with Crippen LogP contribution in [0, 0.1) is 0 Å². The van der Waals surface area contributed by atoms with Crippen molar-refractivity contribution in [1.82, 2.24) is 0 Å². The molecule has 0 bridgehead atoms. The van der Waals surface area contributed by atoms with Crippen LogP contribution < -0.4 is 9.47 Å².